The molecule has 0 amide bonds. The topological polar surface area (TPSA) is 87.6 Å². The maximum Gasteiger partial charge on any atom is -1.00 e. The van der Waals surface area contributed by atoms with Crippen molar-refractivity contribution in [3.63, 3.8) is 0 Å². The van der Waals surface area contributed by atoms with Gasteiger partial charge in [-0.25, -0.2) is 0 Å². The van der Waals surface area contributed by atoms with Gasteiger partial charge in [-0.05, 0) is 0 Å². The number of carbonyl (C=O) groups is 1. The van der Waals surface area contributed by atoms with Crippen molar-refractivity contribution in [3.8, 4) is 28.9 Å². The average molecular weight is 588 g/mol. The van der Waals surface area contributed by atoms with Crippen LogP contribution in [0.5, 0.6) is 5.95 Å². The summed E-state index contributed by atoms with van der Waals surface area (Å²) in [6, 6.07) is 5.54. The monoisotopic (exact) mass is 587 g/mol. The molecule has 0 atom stereocenters. The number of halogens is 1. The quantitative estimate of drug-likeness (QED) is 0.367. The van der Waals surface area contributed by atoms with Gasteiger partial charge in [0.15, 0.2) is 0 Å². The Morgan fingerprint density at radius 2 is 2.00 bits per heavy atom. The van der Waals surface area contributed by atoms with Crippen LogP contribution in [0.2, 0.25) is 0 Å². The first-order chi connectivity index (χ1) is 11.6. The number of methoxy groups -OCH3 is 1. The van der Waals surface area contributed by atoms with E-state index in [2.05, 4.69) is 34.5 Å². The zero-order valence-electron chi connectivity index (χ0n) is 13.2. The number of rotatable bonds is 5. The number of hydrogen-bond donors (Lipinski definition) is 0. The number of esters is 1. The molecule has 2 heterocycles. The van der Waals surface area contributed by atoms with Crippen LogP contribution in [0.3, 0.4) is 0 Å². The molecular weight excluding hydrogens is 575 g/mol. The predicted octanol–water partition coefficient (Wildman–Crippen LogP) is -0.642. The van der Waals surface area contributed by atoms with E-state index in [9.17, 15) is 4.79 Å². The minimum Gasteiger partial charge on any atom is -1.00 e. The first kappa shape index (κ1) is 19.4. The van der Waals surface area contributed by atoms with Crippen LogP contribution in [-0.2, 0) is 24.6 Å². The van der Waals surface area contributed by atoms with Crippen LogP contribution in [0.25, 0.3) is 22.9 Å². The summed E-state index contributed by atoms with van der Waals surface area (Å²) in [5, 5.41) is 0. The van der Waals surface area contributed by atoms with E-state index in [4.69, 9.17) is 13.6 Å². The normalized spacial score (nSPS) is 10.2. The summed E-state index contributed by atoms with van der Waals surface area (Å²) < 4.78 is 21.7. The number of benzene rings is 1. The molecule has 0 bridgehead atoms. The SMILES string of the molecule is CCOc1cnc(-c2cccc(-c3nc(C(=O)OC)co3)[c]2[Pt+])o1.[Br-]. The molecule has 0 saturated carbocycles. The maximum absolute atomic E-state index is 11.5. The summed E-state index contributed by atoms with van der Waals surface area (Å²) in [5.41, 5.74) is 1.61. The minimum absolute atomic E-state index is 0. The van der Waals surface area contributed by atoms with Gasteiger partial charge in [0.05, 0.1) is 0 Å². The second-order valence-electron chi connectivity index (χ2n) is 4.58. The van der Waals surface area contributed by atoms with E-state index in [0.717, 1.165) is 15.1 Å². The van der Waals surface area contributed by atoms with Gasteiger partial charge in [-0.1, -0.05) is 0 Å². The predicted molar refractivity (Wildman–Crippen MR) is 79.6 cm³/mol. The number of nitrogens with zero attached hydrogens (tertiary/aromatic N) is 2. The minimum atomic E-state index is -0.551. The van der Waals surface area contributed by atoms with Gasteiger partial charge in [0, 0.05) is 0 Å². The smallest absolute Gasteiger partial charge is 1.00 e. The molecule has 3 rings (SSSR count). The molecule has 0 aliphatic heterocycles. The molecule has 2 aromatic heterocycles. The molecule has 3 aromatic rings. The van der Waals surface area contributed by atoms with E-state index < -0.39 is 5.97 Å². The number of ether oxygens (including phenoxy) is 2. The summed E-state index contributed by atoms with van der Waals surface area (Å²) in [6.45, 7) is 2.37. The molecule has 7 nitrogen and oxygen atoms in total. The number of oxazole rings is 2. The maximum atomic E-state index is 11.5. The Morgan fingerprint density at radius 1 is 1.28 bits per heavy atom. The third-order valence-electron chi connectivity index (χ3n) is 3.10. The Bertz CT molecular complexity index is 877. The molecular formula is C16H13BrN2O5Pt. The van der Waals surface area contributed by atoms with Crippen molar-refractivity contribution in [2.45, 2.75) is 6.92 Å². The van der Waals surface area contributed by atoms with Gasteiger partial charge in [-0.15, -0.1) is 0 Å². The molecule has 9 heteroatoms. The fourth-order valence-corrected chi connectivity index (χ4v) is 2.89. The molecule has 0 spiro atoms. The van der Waals surface area contributed by atoms with Gasteiger partial charge in [0.25, 0.3) is 0 Å². The van der Waals surface area contributed by atoms with Crippen LogP contribution in [0.1, 0.15) is 17.4 Å². The van der Waals surface area contributed by atoms with Crippen molar-refractivity contribution in [2.75, 3.05) is 13.7 Å². The average Bonchev–Trinajstić information content (AvgIpc) is 3.24. The summed E-state index contributed by atoms with van der Waals surface area (Å²) in [6.07, 6.45) is 2.80. The van der Waals surface area contributed by atoms with Crippen LogP contribution in [0.4, 0.5) is 0 Å². The van der Waals surface area contributed by atoms with E-state index in [-0.39, 0.29) is 22.7 Å². The van der Waals surface area contributed by atoms with Gasteiger partial charge in [-0.3, -0.25) is 0 Å². The van der Waals surface area contributed by atoms with E-state index in [1.165, 1.54) is 19.6 Å². The molecule has 0 N–H and O–H groups in total. The van der Waals surface area contributed by atoms with Gasteiger partial charge < -0.3 is 17.0 Å². The summed E-state index contributed by atoms with van der Waals surface area (Å²) in [4.78, 5) is 19.9. The third-order valence-corrected chi connectivity index (χ3v) is 4.32. The molecule has 134 valence electrons. The van der Waals surface area contributed by atoms with Crippen LogP contribution >= 0.6 is 0 Å². The van der Waals surface area contributed by atoms with Crippen molar-refractivity contribution in [1.29, 1.82) is 0 Å². The second-order valence-corrected chi connectivity index (χ2v) is 5.72. The molecule has 0 aliphatic rings. The molecule has 0 unspecified atom stereocenters. The molecule has 25 heavy (non-hydrogen) atoms. The largest absolute Gasteiger partial charge is 1.00 e. The standard InChI is InChI=1S/C16H13N2O5.BrH.Pt/c1-3-21-13-8-17-14(23-13)10-5-4-6-11(7-10)15-18-12(9-22-15)16(19)20-2;;/h4-6,8-9H,3H2,1-2H3;1H;/q;;+1/p-1. The first-order valence-electron chi connectivity index (χ1n) is 7.02. The Balaban J connectivity index is 0.00000225. The zero-order valence-corrected chi connectivity index (χ0v) is 17.1. The fraction of sp³-hybridized carbons (Fsp3) is 0.188. The van der Waals surface area contributed by atoms with E-state index in [1.54, 1.807) is 0 Å². The van der Waals surface area contributed by atoms with Crippen LogP contribution < -0.4 is 25.7 Å². The van der Waals surface area contributed by atoms with Gasteiger partial charge >= 0.3 is 149 Å². The van der Waals surface area contributed by atoms with Crippen molar-refractivity contribution in [3.05, 3.63) is 36.4 Å². The molecule has 0 fully saturated rings. The Kier molecular flexibility index (Phi) is 6.56. The van der Waals surface area contributed by atoms with Gasteiger partial charge in [0.1, 0.15) is 0 Å². The van der Waals surface area contributed by atoms with Crippen LogP contribution in [0, 0.1) is 0 Å². The second kappa shape index (κ2) is 8.45. The van der Waals surface area contributed by atoms with Crippen molar-refractivity contribution in [1.82, 2.24) is 9.97 Å². The Hall–Kier alpha value is -1.92. The van der Waals surface area contributed by atoms with E-state index >= 15 is 0 Å². The molecule has 0 saturated heterocycles. The summed E-state index contributed by atoms with van der Waals surface area (Å²) in [7, 11) is 1.29. The molecule has 0 aliphatic carbocycles. The Labute approximate surface area is 165 Å². The van der Waals surface area contributed by atoms with Crippen LogP contribution in [-0.4, -0.2) is 29.7 Å². The van der Waals surface area contributed by atoms with Crippen molar-refractivity contribution in [2.24, 2.45) is 0 Å². The van der Waals surface area contributed by atoms with Crippen molar-refractivity contribution < 1.29 is 59.9 Å². The molecule has 1 aromatic carbocycles. The summed E-state index contributed by atoms with van der Waals surface area (Å²) in [5.74, 6) is 0.562. The number of aromatic nitrogens is 2. The van der Waals surface area contributed by atoms with Gasteiger partial charge in [-0.2, -0.15) is 0 Å². The summed E-state index contributed by atoms with van der Waals surface area (Å²) >= 11 is 2.14. The number of carbonyl (C=O) groups excluding carboxylic acids is 1. The van der Waals surface area contributed by atoms with Gasteiger partial charge in [0.2, 0.25) is 0 Å². The first-order valence-corrected chi connectivity index (χ1v) is 8.16. The van der Waals surface area contributed by atoms with Crippen molar-refractivity contribution >= 4 is 9.92 Å². The fourth-order valence-electron chi connectivity index (χ4n) is 2.03. The molecule has 0 radical (unpaired) electrons. The van der Waals surface area contributed by atoms with E-state index in [0.29, 0.717) is 24.3 Å². The van der Waals surface area contributed by atoms with Crippen LogP contribution in [0.15, 0.2) is 39.5 Å². The Morgan fingerprint density at radius 3 is 2.68 bits per heavy atom. The zero-order chi connectivity index (χ0) is 17.1. The third kappa shape index (κ3) is 4.02. The number of hydrogen-bond acceptors (Lipinski definition) is 7. The van der Waals surface area contributed by atoms with E-state index in [1.807, 2.05) is 25.1 Å².